The van der Waals surface area contributed by atoms with Crippen LogP contribution in [0.3, 0.4) is 0 Å². The summed E-state index contributed by atoms with van der Waals surface area (Å²) in [6.07, 6.45) is 9.21. The van der Waals surface area contributed by atoms with Crippen molar-refractivity contribution in [2.75, 3.05) is 39.5 Å². The zero-order valence-electron chi connectivity index (χ0n) is 19.6. The Morgan fingerprint density at radius 3 is 2.68 bits per heavy atom. The highest BCUT2D eigenvalue weighted by Gasteiger charge is 2.16. The summed E-state index contributed by atoms with van der Waals surface area (Å²) in [6, 6.07) is 12.4. The number of nitrogens with zero attached hydrogens (tertiary/aromatic N) is 3. The molecule has 3 aromatic rings. The van der Waals surface area contributed by atoms with Gasteiger partial charge in [0.25, 0.3) is 0 Å². The molecule has 0 N–H and O–H groups in total. The molecule has 2 aliphatic heterocycles. The predicted octanol–water partition coefficient (Wildman–Crippen LogP) is 4.21. The molecule has 0 radical (unpaired) electrons. The minimum atomic E-state index is 0.128. The molecular weight excluding hydrogens is 430 g/mol. The Balaban J connectivity index is 1.21. The van der Waals surface area contributed by atoms with Crippen LogP contribution in [0.15, 0.2) is 54.9 Å². The minimum Gasteiger partial charge on any atom is -0.491 e. The lowest BCUT2D eigenvalue weighted by molar-refractivity contribution is -0.128. The van der Waals surface area contributed by atoms with Crippen LogP contribution in [-0.4, -0.2) is 65.8 Å². The van der Waals surface area contributed by atoms with E-state index in [1.54, 1.807) is 6.92 Å². The van der Waals surface area contributed by atoms with Crippen LogP contribution in [0.1, 0.15) is 31.7 Å². The van der Waals surface area contributed by atoms with Crippen LogP contribution in [0, 0.1) is 0 Å². The number of imidazole rings is 1. The Bertz CT molecular complexity index is 1160. The summed E-state index contributed by atoms with van der Waals surface area (Å²) in [5.41, 5.74) is 5.47. The monoisotopic (exact) mass is 461 g/mol. The highest BCUT2D eigenvalue weighted by Crippen LogP contribution is 2.27. The Kier molecular flexibility index (Phi) is 6.92. The van der Waals surface area contributed by atoms with Gasteiger partial charge in [-0.1, -0.05) is 6.08 Å². The van der Waals surface area contributed by atoms with Crippen molar-refractivity contribution in [3.8, 4) is 17.0 Å². The molecular formula is C27H31N3O4. The molecule has 0 bridgehead atoms. The fourth-order valence-corrected chi connectivity index (χ4v) is 4.55. The van der Waals surface area contributed by atoms with Gasteiger partial charge in [0.05, 0.1) is 24.6 Å². The molecule has 0 saturated carbocycles. The molecule has 4 heterocycles. The van der Waals surface area contributed by atoms with E-state index in [1.807, 2.05) is 23.2 Å². The second-order valence-corrected chi connectivity index (χ2v) is 8.79. The topological polar surface area (TPSA) is 65.3 Å². The van der Waals surface area contributed by atoms with E-state index in [4.69, 9.17) is 14.2 Å². The number of rotatable bonds is 7. The first kappa shape index (κ1) is 22.6. The van der Waals surface area contributed by atoms with Gasteiger partial charge in [-0.05, 0) is 66.8 Å². The molecule has 1 saturated heterocycles. The lowest BCUT2D eigenvalue weighted by Crippen LogP contribution is -2.32. The van der Waals surface area contributed by atoms with E-state index >= 15 is 0 Å². The van der Waals surface area contributed by atoms with Crippen LogP contribution in [0.4, 0.5) is 0 Å². The van der Waals surface area contributed by atoms with Gasteiger partial charge in [-0.2, -0.15) is 0 Å². The Labute approximate surface area is 199 Å². The standard InChI is InChI=1S/C27H31N3O4/c1-20(31)29-11-6-21(7-12-29)23-8-13-30-26(19-28-27(30)18-23)22-2-4-24(5-3-22)33-16-17-34-25-9-14-32-15-10-25/h2-6,8,13,18-19,25H,7,9-12,14-17H2,1H3. The van der Waals surface area contributed by atoms with E-state index in [0.717, 1.165) is 61.7 Å². The van der Waals surface area contributed by atoms with Gasteiger partial charge >= 0.3 is 0 Å². The van der Waals surface area contributed by atoms with E-state index in [1.165, 1.54) is 11.1 Å². The van der Waals surface area contributed by atoms with E-state index in [9.17, 15) is 4.79 Å². The Morgan fingerprint density at radius 2 is 1.94 bits per heavy atom. The first-order valence-corrected chi connectivity index (χ1v) is 12.0. The van der Waals surface area contributed by atoms with Crippen LogP contribution < -0.4 is 4.74 Å². The van der Waals surface area contributed by atoms with Gasteiger partial charge in [0.2, 0.25) is 5.91 Å². The predicted molar refractivity (Wildman–Crippen MR) is 131 cm³/mol. The smallest absolute Gasteiger partial charge is 0.219 e. The third kappa shape index (κ3) is 5.16. The number of hydrogen-bond donors (Lipinski definition) is 0. The van der Waals surface area contributed by atoms with Crippen molar-refractivity contribution in [1.29, 1.82) is 0 Å². The molecule has 1 aromatic carbocycles. The summed E-state index contributed by atoms with van der Waals surface area (Å²) >= 11 is 0. The van der Waals surface area contributed by atoms with E-state index in [2.05, 4.69) is 45.9 Å². The van der Waals surface area contributed by atoms with Crippen LogP contribution in [0.2, 0.25) is 0 Å². The molecule has 7 nitrogen and oxygen atoms in total. The summed E-state index contributed by atoms with van der Waals surface area (Å²) in [5.74, 6) is 0.961. The average molecular weight is 462 g/mol. The van der Waals surface area contributed by atoms with Gasteiger partial charge in [-0.25, -0.2) is 4.98 Å². The highest BCUT2D eigenvalue weighted by molar-refractivity contribution is 5.77. The maximum Gasteiger partial charge on any atom is 0.219 e. The lowest BCUT2D eigenvalue weighted by atomic mass is 10.0. The van der Waals surface area contributed by atoms with Gasteiger partial charge in [0.15, 0.2) is 0 Å². The van der Waals surface area contributed by atoms with Gasteiger partial charge in [0, 0.05) is 45.0 Å². The van der Waals surface area contributed by atoms with Crippen molar-refractivity contribution >= 4 is 17.1 Å². The number of hydrogen-bond acceptors (Lipinski definition) is 5. The second kappa shape index (κ2) is 10.4. The van der Waals surface area contributed by atoms with E-state index in [0.29, 0.717) is 25.9 Å². The van der Waals surface area contributed by atoms with E-state index < -0.39 is 0 Å². The number of pyridine rings is 1. The molecule has 2 aliphatic rings. The molecule has 5 rings (SSSR count). The Hall–Kier alpha value is -3.16. The third-order valence-electron chi connectivity index (χ3n) is 6.56. The lowest BCUT2D eigenvalue weighted by Gasteiger charge is -2.25. The van der Waals surface area contributed by atoms with Crippen LogP contribution in [0.5, 0.6) is 5.75 Å². The molecule has 7 heteroatoms. The van der Waals surface area contributed by atoms with Gasteiger partial charge in [-0.15, -0.1) is 0 Å². The molecule has 34 heavy (non-hydrogen) atoms. The fourth-order valence-electron chi connectivity index (χ4n) is 4.55. The summed E-state index contributed by atoms with van der Waals surface area (Å²) in [4.78, 5) is 18.1. The molecule has 0 atom stereocenters. The number of aromatic nitrogens is 2. The Morgan fingerprint density at radius 1 is 1.12 bits per heavy atom. The molecule has 0 spiro atoms. The first-order valence-electron chi connectivity index (χ1n) is 12.0. The van der Waals surface area contributed by atoms with Crippen LogP contribution in [-0.2, 0) is 14.3 Å². The number of carbonyl (C=O) groups is 1. The average Bonchev–Trinajstić information content (AvgIpc) is 3.31. The van der Waals surface area contributed by atoms with Crippen molar-refractivity contribution in [2.24, 2.45) is 0 Å². The second-order valence-electron chi connectivity index (χ2n) is 8.79. The molecule has 1 amide bonds. The zero-order valence-corrected chi connectivity index (χ0v) is 19.6. The quantitative estimate of drug-likeness (QED) is 0.493. The van der Waals surface area contributed by atoms with Gasteiger partial charge in [0.1, 0.15) is 18.0 Å². The first-order chi connectivity index (χ1) is 16.7. The molecule has 178 valence electrons. The maximum absolute atomic E-state index is 11.6. The number of amides is 1. The summed E-state index contributed by atoms with van der Waals surface area (Å²) in [7, 11) is 0. The summed E-state index contributed by atoms with van der Waals surface area (Å²) in [5, 5.41) is 0. The summed E-state index contributed by atoms with van der Waals surface area (Å²) < 4.78 is 19.2. The SMILES string of the molecule is CC(=O)N1CC=C(c2ccn3c(-c4ccc(OCCOC5CCOCC5)cc4)cnc3c2)CC1. The maximum atomic E-state index is 11.6. The van der Waals surface area contributed by atoms with Crippen molar-refractivity contribution < 1.29 is 19.0 Å². The molecule has 0 aliphatic carbocycles. The zero-order chi connectivity index (χ0) is 23.3. The molecule has 0 unspecified atom stereocenters. The fraction of sp³-hybridized carbons (Fsp3) is 0.407. The number of benzene rings is 1. The van der Waals surface area contributed by atoms with E-state index in [-0.39, 0.29) is 5.91 Å². The van der Waals surface area contributed by atoms with Gasteiger partial charge < -0.3 is 19.1 Å². The van der Waals surface area contributed by atoms with Crippen molar-refractivity contribution in [3.05, 3.63) is 60.4 Å². The number of ether oxygens (including phenoxy) is 3. The van der Waals surface area contributed by atoms with Crippen LogP contribution >= 0.6 is 0 Å². The van der Waals surface area contributed by atoms with Crippen molar-refractivity contribution in [2.45, 2.75) is 32.3 Å². The van der Waals surface area contributed by atoms with Crippen molar-refractivity contribution in [3.63, 3.8) is 0 Å². The largest absolute Gasteiger partial charge is 0.491 e. The third-order valence-corrected chi connectivity index (χ3v) is 6.56. The number of carbonyl (C=O) groups excluding carboxylic acids is 1. The minimum absolute atomic E-state index is 0.128. The van der Waals surface area contributed by atoms with Crippen LogP contribution in [0.25, 0.3) is 22.5 Å². The molecule has 1 fully saturated rings. The molecule has 2 aromatic heterocycles. The number of fused-ring (bicyclic) bond motifs is 1. The van der Waals surface area contributed by atoms with Gasteiger partial charge in [-0.3, -0.25) is 9.20 Å². The highest BCUT2D eigenvalue weighted by atomic mass is 16.5. The van der Waals surface area contributed by atoms with Crippen molar-refractivity contribution in [1.82, 2.24) is 14.3 Å². The summed E-state index contributed by atoms with van der Waals surface area (Å²) in [6.45, 7) is 5.76. The normalized spacial score (nSPS) is 17.1.